The van der Waals surface area contributed by atoms with Crippen molar-refractivity contribution in [2.24, 2.45) is 0 Å². The minimum atomic E-state index is 0.697. The first kappa shape index (κ1) is 21.8. The molecular weight excluding hydrogens is 378 g/mol. The highest BCUT2D eigenvalue weighted by Crippen LogP contribution is 2.23. The van der Waals surface area contributed by atoms with Crippen LogP contribution in [0, 0.1) is 20.8 Å². The highest BCUT2D eigenvalue weighted by molar-refractivity contribution is 7.80. The molecular formula is C24H35N3OS. The van der Waals surface area contributed by atoms with Crippen LogP contribution in [0.15, 0.2) is 34.9 Å². The average Bonchev–Trinajstić information content (AvgIpc) is 3.05. The number of anilines is 1. The van der Waals surface area contributed by atoms with Gasteiger partial charge in [0.05, 0.1) is 12.8 Å². The van der Waals surface area contributed by atoms with Crippen molar-refractivity contribution in [2.45, 2.75) is 59.4 Å². The van der Waals surface area contributed by atoms with Crippen molar-refractivity contribution in [1.29, 1.82) is 0 Å². The Hall–Kier alpha value is -1.85. The fraction of sp³-hybridized carbons (Fsp3) is 0.542. The summed E-state index contributed by atoms with van der Waals surface area (Å²) in [4.78, 5) is 4.85. The number of furan rings is 1. The van der Waals surface area contributed by atoms with E-state index < -0.39 is 0 Å². The van der Waals surface area contributed by atoms with Gasteiger partial charge in [-0.2, -0.15) is 0 Å². The van der Waals surface area contributed by atoms with E-state index in [1.54, 1.807) is 6.26 Å². The summed E-state index contributed by atoms with van der Waals surface area (Å²) in [6.07, 6.45) is 8.27. The highest BCUT2D eigenvalue weighted by Gasteiger charge is 2.16. The molecule has 1 saturated heterocycles. The Kier molecular flexibility index (Phi) is 8.13. The molecule has 1 aliphatic heterocycles. The van der Waals surface area contributed by atoms with Crippen molar-refractivity contribution >= 4 is 23.0 Å². The van der Waals surface area contributed by atoms with Gasteiger partial charge in [-0.05, 0) is 95.1 Å². The maximum Gasteiger partial charge on any atom is 0.173 e. The van der Waals surface area contributed by atoms with Crippen molar-refractivity contribution in [3.8, 4) is 0 Å². The Labute approximate surface area is 181 Å². The molecule has 0 bridgehead atoms. The molecule has 0 atom stereocenters. The predicted molar refractivity (Wildman–Crippen MR) is 126 cm³/mol. The third-order valence-corrected chi connectivity index (χ3v) is 6.08. The van der Waals surface area contributed by atoms with E-state index in [0.29, 0.717) is 6.54 Å². The maximum atomic E-state index is 5.83. The maximum absolute atomic E-state index is 5.83. The fourth-order valence-electron chi connectivity index (χ4n) is 4.25. The molecule has 5 heteroatoms. The lowest BCUT2D eigenvalue weighted by Gasteiger charge is -2.28. The molecule has 1 aliphatic rings. The highest BCUT2D eigenvalue weighted by atomic mass is 32.1. The Balaban J connectivity index is 1.63. The lowest BCUT2D eigenvalue weighted by molar-refractivity contribution is 0.262. The summed E-state index contributed by atoms with van der Waals surface area (Å²) in [5, 5.41) is 4.29. The van der Waals surface area contributed by atoms with Crippen molar-refractivity contribution in [3.05, 3.63) is 53.0 Å². The molecule has 0 saturated carbocycles. The van der Waals surface area contributed by atoms with Gasteiger partial charge in [0.15, 0.2) is 5.11 Å². The average molecular weight is 414 g/mol. The van der Waals surface area contributed by atoms with Crippen LogP contribution in [-0.4, -0.2) is 41.1 Å². The summed E-state index contributed by atoms with van der Waals surface area (Å²) in [6.45, 7) is 11.7. The monoisotopic (exact) mass is 413 g/mol. The van der Waals surface area contributed by atoms with Gasteiger partial charge >= 0.3 is 0 Å². The zero-order valence-electron chi connectivity index (χ0n) is 18.2. The zero-order valence-corrected chi connectivity index (χ0v) is 19.0. The third-order valence-electron chi connectivity index (χ3n) is 5.72. The van der Waals surface area contributed by atoms with Crippen LogP contribution >= 0.6 is 12.2 Å². The second kappa shape index (κ2) is 10.8. The van der Waals surface area contributed by atoms with E-state index in [-0.39, 0.29) is 0 Å². The Morgan fingerprint density at radius 2 is 1.79 bits per heavy atom. The van der Waals surface area contributed by atoms with E-state index >= 15 is 0 Å². The third kappa shape index (κ3) is 6.58. The normalized spacial score (nSPS) is 15.1. The minimum absolute atomic E-state index is 0.697. The molecule has 0 spiro atoms. The number of hydrogen-bond acceptors (Lipinski definition) is 3. The number of nitrogens with one attached hydrogen (secondary N) is 1. The molecule has 1 fully saturated rings. The topological polar surface area (TPSA) is 31.6 Å². The molecule has 1 N–H and O–H groups in total. The van der Waals surface area contributed by atoms with Gasteiger partial charge < -0.3 is 19.5 Å². The number of benzene rings is 1. The number of likely N-dealkylation sites (tertiary alicyclic amines) is 1. The van der Waals surface area contributed by atoms with Crippen LogP contribution in [0.25, 0.3) is 0 Å². The molecule has 4 nitrogen and oxygen atoms in total. The van der Waals surface area contributed by atoms with Gasteiger partial charge in [-0.1, -0.05) is 30.5 Å². The summed E-state index contributed by atoms with van der Waals surface area (Å²) >= 11 is 5.83. The molecule has 2 aromatic rings. The first-order valence-corrected chi connectivity index (χ1v) is 11.3. The minimum Gasteiger partial charge on any atom is -0.467 e. The van der Waals surface area contributed by atoms with Crippen LogP contribution in [0.3, 0.4) is 0 Å². The van der Waals surface area contributed by atoms with Gasteiger partial charge in [0.2, 0.25) is 0 Å². The van der Waals surface area contributed by atoms with Gasteiger partial charge in [-0.15, -0.1) is 0 Å². The van der Waals surface area contributed by atoms with Crippen LogP contribution in [0.4, 0.5) is 5.69 Å². The Bertz CT molecular complexity index is 756. The molecule has 2 heterocycles. The zero-order chi connectivity index (χ0) is 20.6. The number of aryl methyl sites for hydroxylation is 3. The van der Waals surface area contributed by atoms with E-state index in [0.717, 1.165) is 36.1 Å². The summed E-state index contributed by atoms with van der Waals surface area (Å²) in [5.41, 5.74) is 4.86. The van der Waals surface area contributed by atoms with Gasteiger partial charge in [-0.25, -0.2) is 0 Å². The molecule has 3 rings (SSSR count). The molecule has 0 radical (unpaired) electrons. The van der Waals surface area contributed by atoms with Crippen molar-refractivity contribution in [3.63, 3.8) is 0 Å². The Morgan fingerprint density at radius 3 is 2.41 bits per heavy atom. The van der Waals surface area contributed by atoms with Crippen LogP contribution in [0.5, 0.6) is 0 Å². The summed E-state index contributed by atoms with van der Waals surface area (Å²) < 4.78 is 5.60. The number of thiocarbonyl (C=S) groups is 1. The lowest BCUT2D eigenvalue weighted by Crippen LogP contribution is -2.37. The smallest absolute Gasteiger partial charge is 0.173 e. The molecule has 0 unspecified atom stereocenters. The van der Waals surface area contributed by atoms with Gasteiger partial charge in [-0.3, -0.25) is 0 Å². The molecule has 158 valence electrons. The lowest BCUT2D eigenvalue weighted by atomic mass is 10.1. The molecule has 29 heavy (non-hydrogen) atoms. The van der Waals surface area contributed by atoms with Gasteiger partial charge in [0.1, 0.15) is 5.76 Å². The summed E-state index contributed by atoms with van der Waals surface area (Å²) in [7, 11) is 0. The van der Waals surface area contributed by atoms with Gasteiger partial charge in [0, 0.05) is 12.2 Å². The molecule has 0 amide bonds. The quantitative estimate of drug-likeness (QED) is 0.591. The van der Waals surface area contributed by atoms with E-state index in [1.165, 1.54) is 55.5 Å². The number of nitrogens with zero attached hydrogens (tertiary/aromatic N) is 2. The van der Waals surface area contributed by atoms with Gasteiger partial charge in [0.25, 0.3) is 0 Å². The van der Waals surface area contributed by atoms with Crippen LogP contribution in [0.2, 0.25) is 0 Å². The fourth-order valence-corrected chi connectivity index (χ4v) is 4.51. The first-order valence-electron chi connectivity index (χ1n) is 10.9. The number of rotatable bonds is 7. The van der Waals surface area contributed by atoms with Crippen molar-refractivity contribution < 1.29 is 4.42 Å². The van der Waals surface area contributed by atoms with Crippen molar-refractivity contribution in [2.75, 3.05) is 31.5 Å². The molecule has 1 aromatic heterocycles. The molecule has 1 aromatic carbocycles. The summed E-state index contributed by atoms with van der Waals surface area (Å²) in [6, 6.07) is 8.37. The van der Waals surface area contributed by atoms with Crippen LogP contribution in [-0.2, 0) is 6.54 Å². The summed E-state index contributed by atoms with van der Waals surface area (Å²) in [5.74, 6) is 0.946. The van der Waals surface area contributed by atoms with Crippen LogP contribution in [0.1, 0.15) is 54.6 Å². The predicted octanol–water partition coefficient (Wildman–Crippen LogP) is 5.67. The van der Waals surface area contributed by atoms with Crippen molar-refractivity contribution in [1.82, 2.24) is 9.80 Å². The number of hydrogen-bond donors (Lipinski definition) is 1. The standard InChI is InChI=1S/C24H35N3OS/c1-19-16-20(2)23(21(3)17-19)25-24(29)27(18-22-10-8-15-28-22)14-9-13-26-11-6-4-5-7-12-26/h8,10,15-17H,4-7,9,11-14,18H2,1-3H3,(H,25,29). The van der Waals surface area contributed by atoms with Crippen LogP contribution < -0.4 is 5.32 Å². The van der Waals surface area contributed by atoms with E-state index in [4.69, 9.17) is 16.6 Å². The van der Waals surface area contributed by atoms with E-state index in [1.807, 2.05) is 12.1 Å². The van der Waals surface area contributed by atoms with E-state index in [2.05, 4.69) is 48.0 Å². The second-order valence-corrected chi connectivity index (χ2v) is 8.70. The Morgan fingerprint density at radius 1 is 1.10 bits per heavy atom. The second-order valence-electron chi connectivity index (χ2n) is 8.31. The largest absolute Gasteiger partial charge is 0.467 e. The first-order chi connectivity index (χ1) is 14.0. The van der Waals surface area contributed by atoms with E-state index in [9.17, 15) is 0 Å². The molecule has 0 aliphatic carbocycles. The SMILES string of the molecule is Cc1cc(C)c(NC(=S)N(CCCN2CCCCCC2)Cc2ccco2)c(C)c1.